The SMILES string of the molecule is CCN1CCCC1CNC(N)=NCc1ccc(OCc2ccccc2)cc1. The largest absolute Gasteiger partial charge is 0.489 e. The standard InChI is InChI=1S/C22H30N4O/c1-2-26-14-6-9-20(26)16-25-22(23)24-15-18-10-12-21(13-11-18)27-17-19-7-4-3-5-8-19/h3-5,7-8,10-13,20H,2,6,9,14-17H2,1H3,(H3,23,24,25). The average Bonchev–Trinajstić information content (AvgIpc) is 3.18. The summed E-state index contributed by atoms with van der Waals surface area (Å²) in [6, 6.07) is 18.8. The van der Waals surface area contributed by atoms with Crippen molar-refractivity contribution in [2.24, 2.45) is 10.7 Å². The van der Waals surface area contributed by atoms with Crippen molar-refractivity contribution in [3.8, 4) is 5.75 Å². The Balaban J connectivity index is 1.42. The van der Waals surface area contributed by atoms with Crippen LogP contribution in [0.1, 0.15) is 30.9 Å². The first-order valence-electron chi connectivity index (χ1n) is 9.78. The Hall–Kier alpha value is -2.53. The number of nitrogens with one attached hydrogen (secondary N) is 1. The van der Waals surface area contributed by atoms with Crippen LogP contribution in [-0.4, -0.2) is 36.5 Å². The maximum atomic E-state index is 6.02. The Kier molecular flexibility index (Phi) is 7.11. The molecule has 27 heavy (non-hydrogen) atoms. The zero-order valence-electron chi connectivity index (χ0n) is 16.1. The third-order valence-corrected chi connectivity index (χ3v) is 5.03. The molecule has 3 rings (SSSR count). The number of rotatable bonds is 8. The summed E-state index contributed by atoms with van der Waals surface area (Å²) in [5, 5.41) is 3.27. The van der Waals surface area contributed by atoms with Crippen LogP contribution in [0.3, 0.4) is 0 Å². The molecule has 1 atom stereocenters. The molecule has 0 aliphatic carbocycles. The number of likely N-dealkylation sites (N-methyl/N-ethyl adjacent to an activating group) is 1. The molecular formula is C22H30N4O. The molecular weight excluding hydrogens is 336 g/mol. The van der Waals surface area contributed by atoms with Crippen LogP contribution in [-0.2, 0) is 13.2 Å². The highest BCUT2D eigenvalue weighted by molar-refractivity contribution is 5.77. The number of nitrogens with two attached hydrogens (primary N) is 1. The molecule has 1 saturated heterocycles. The fraction of sp³-hybridized carbons (Fsp3) is 0.409. The molecule has 0 aromatic heterocycles. The van der Waals surface area contributed by atoms with Crippen molar-refractivity contribution >= 4 is 5.96 Å². The number of likely N-dealkylation sites (tertiary alicyclic amines) is 1. The number of hydrogen-bond acceptors (Lipinski definition) is 3. The Morgan fingerprint density at radius 1 is 1.15 bits per heavy atom. The summed E-state index contributed by atoms with van der Waals surface area (Å²) >= 11 is 0. The molecule has 1 unspecified atom stereocenters. The van der Waals surface area contributed by atoms with Crippen LogP contribution in [0.15, 0.2) is 59.6 Å². The maximum absolute atomic E-state index is 6.02. The van der Waals surface area contributed by atoms with Gasteiger partial charge in [0.25, 0.3) is 0 Å². The van der Waals surface area contributed by atoms with E-state index >= 15 is 0 Å². The fourth-order valence-electron chi connectivity index (χ4n) is 3.43. The van der Waals surface area contributed by atoms with Crippen LogP contribution in [0, 0.1) is 0 Å². The van der Waals surface area contributed by atoms with E-state index in [9.17, 15) is 0 Å². The Morgan fingerprint density at radius 2 is 1.93 bits per heavy atom. The molecule has 1 fully saturated rings. The van der Waals surface area contributed by atoms with E-state index in [1.54, 1.807) is 0 Å². The zero-order chi connectivity index (χ0) is 18.9. The number of nitrogens with zero attached hydrogens (tertiary/aromatic N) is 2. The number of aliphatic imine (C=N–C) groups is 1. The fourth-order valence-corrected chi connectivity index (χ4v) is 3.43. The van der Waals surface area contributed by atoms with Crippen molar-refractivity contribution in [3.05, 3.63) is 65.7 Å². The second-order valence-electron chi connectivity index (χ2n) is 6.93. The van der Waals surface area contributed by atoms with Gasteiger partial charge in [0.2, 0.25) is 0 Å². The molecule has 0 bridgehead atoms. The van der Waals surface area contributed by atoms with Crippen LogP contribution >= 0.6 is 0 Å². The van der Waals surface area contributed by atoms with Gasteiger partial charge >= 0.3 is 0 Å². The molecule has 5 nitrogen and oxygen atoms in total. The lowest BCUT2D eigenvalue weighted by Crippen LogP contribution is -2.42. The summed E-state index contributed by atoms with van der Waals surface area (Å²) in [7, 11) is 0. The summed E-state index contributed by atoms with van der Waals surface area (Å²) in [5.41, 5.74) is 8.30. The minimum Gasteiger partial charge on any atom is -0.489 e. The van der Waals surface area contributed by atoms with Crippen molar-refractivity contribution in [1.29, 1.82) is 0 Å². The quantitative estimate of drug-likeness (QED) is 0.556. The van der Waals surface area contributed by atoms with Crippen LogP contribution in [0.2, 0.25) is 0 Å². The number of ether oxygens (including phenoxy) is 1. The molecule has 1 aliphatic heterocycles. The van der Waals surface area contributed by atoms with Crippen molar-refractivity contribution < 1.29 is 4.74 Å². The monoisotopic (exact) mass is 366 g/mol. The molecule has 2 aromatic rings. The van der Waals surface area contributed by atoms with E-state index in [0.717, 1.165) is 30.0 Å². The third-order valence-electron chi connectivity index (χ3n) is 5.03. The third kappa shape index (κ3) is 6.00. The van der Waals surface area contributed by atoms with E-state index < -0.39 is 0 Å². The lowest BCUT2D eigenvalue weighted by atomic mass is 10.2. The van der Waals surface area contributed by atoms with E-state index in [1.807, 2.05) is 42.5 Å². The Labute approximate surface area is 162 Å². The van der Waals surface area contributed by atoms with Gasteiger partial charge in [-0.05, 0) is 49.2 Å². The minimum atomic E-state index is 0.516. The number of benzene rings is 2. The first-order valence-corrected chi connectivity index (χ1v) is 9.78. The predicted octanol–water partition coefficient (Wildman–Crippen LogP) is 3.15. The normalized spacial score (nSPS) is 17.8. The molecule has 3 N–H and O–H groups in total. The van der Waals surface area contributed by atoms with Gasteiger partial charge in [0.15, 0.2) is 5.96 Å². The van der Waals surface area contributed by atoms with Crippen molar-refractivity contribution in [3.63, 3.8) is 0 Å². The number of guanidine groups is 1. The topological polar surface area (TPSA) is 62.9 Å². The highest BCUT2D eigenvalue weighted by Crippen LogP contribution is 2.16. The molecule has 0 saturated carbocycles. The highest BCUT2D eigenvalue weighted by Gasteiger charge is 2.22. The Morgan fingerprint density at radius 3 is 2.67 bits per heavy atom. The molecule has 0 radical (unpaired) electrons. The second kappa shape index (κ2) is 9.97. The first kappa shape index (κ1) is 19.2. The molecule has 1 heterocycles. The summed E-state index contributed by atoms with van der Waals surface area (Å²) in [6.07, 6.45) is 2.51. The molecule has 0 amide bonds. The van der Waals surface area contributed by atoms with E-state index in [2.05, 4.69) is 34.3 Å². The van der Waals surface area contributed by atoms with E-state index in [1.165, 1.54) is 19.4 Å². The van der Waals surface area contributed by atoms with Crippen LogP contribution in [0.25, 0.3) is 0 Å². The van der Waals surface area contributed by atoms with Crippen molar-refractivity contribution in [2.75, 3.05) is 19.6 Å². The smallest absolute Gasteiger partial charge is 0.188 e. The molecule has 5 heteroatoms. The van der Waals surface area contributed by atoms with Gasteiger partial charge in [-0.15, -0.1) is 0 Å². The minimum absolute atomic E-state index is 0.516. The summed E-state index contributed by atoms with van der Waals surface area (Å²) < 4.78 is 5.81. The lowest BCUT2D eigenvalue weighted by molar-refractivity contribution is 0.267. The molecule has 1 aliphatic rings. The Bertz CT molecular complexity index is 715. The van der Waals surface area contributed by atoms with Crippen LogP contribution in [0.5, 0.6) is 5.75 Å². The van der Waals surface area contributed by atoms with Crippen molar-refractivity contribution in [1.82, 2.24) is 10.2 Å². The van der Waals surface area contributed by atoms with E-state index in [4.69, 9.17) is 10.5 Å². The number of hydrogen-bond donors (Lipinski definition) is 2. The summed E-state index contributed by atoms with van der Waals surface area (Å²) in [4.78, 5) is 6.95. The molecule has 144 valence electrons. The zero-order valence-corrected chi connectivity index (χ0v) is 16.1. The van der Waals surface area contributed by atoms with Gasteiger partial charge < -0.3 is 15.8 Å². The van der Waals surface area contributed by atoms with E-state index in [0.29, 0.717) is 25.2 Å². The van der Waals surface area contributed by atoms with Gasteiger partial charge in [-0.25, -0.2) is 4.99 Å². The summed E-state index contributed by atoms with van der Waals surface area (Å²) in [5.74, 6) is 1.38. The van der Waals surface area contributed by atoms with Crippen LogP contribution in [0.4, 0.5) is 0 Å². The first-order chi connectivity index (χ1) is 13.2. The van der Waals surface area contributed by atoms with Gasteiger partial charge in [0.05, 0.1) is 6.54 Å². The second-order valence-corrected chi connectivity index (χ2v) is 6.93. The van der Waals surface area contributed by atoms with Gasteiger partial charge in [-0.3, -0.25) is 4.90 Å². The van der Waals surface area contributed by atoms with Crippen LogP contribution < -0.4 is 15.8 Å². The highest BCUT2D eigenvalue weighted by atomic mass is 16.5. The van der Waals surface area contributed by atoms with E-state index in [-0.39, 0.29) is 0 Å². The van der Waals surface area contributed by atoms with Gasteiger partial charge in [0.1, 0.15) is 12.4 Å². The van der Waals surface area contributed by atoms with Gasteiger partial charge in [-0.1, -0.05) is 49.4 Å². The van der Waals surface area contributed by atoms with Gasteiger partial charge in [-0.2, -0.15) is 0 Å². The van der Waals surface area contributed by atoms with Crippen molar-refractivity contribution in [2.45, 2.75) is 39.0 Å². The van der Waals surface area contributed by atoms with Gasteiger partial charge in [0, 0.05) is 12.6 Å². The predicted molar refractivity (Wildman–Crippen MR) is 111 cm³/mol. The maximum Gasteiger partial charge on any atom is 0.188 e. The lowest BCUT2D eigenvalue weighted by Gasteiger charge is -2.23. The average molecular weight is 367 g/mol. The molecule has 0 spiro atoms. The molecule has 2 aromatic carbocycles. The summed E-state index contributed by atoms with van der Waals surface area (Å²) in [6.45, 7) is 6.52.